The van der Waals surface area contributed by atoms with Crippen molar-refractivity contribution in [2.24, 2.45) is 0 Å². The number of benzene rings is 1. The highest BCUT2D eigenvalue weighted by Gasteiger charge is 2.39. The molecule has 0 radical (unpaired) electrons. The molecule has 0 bridgehead atoms. The number of halogens is 1. The number of amides is 1. The highest BCUT2D eigenvalue weighted by molar-refractivity contribution is 7.91. The lowest BCUT2D eigenvalue weighted by atomic mass is 10.0. The van der Waals surface area contributed by atoms with Gasteiger partial charge in [0.05, 0.1) is 22.0 Å². The molecule has 126 valence electrons. The fourth-order valence-electron chi connectivity index (χ4n) is 2.38. The van der Waals surface area contributed by atoms with E-state index in [1.165, 1.54) is 0 Å². The van der Waals surface area contributed by atoms with Crippen LogP contribution >= 0.6 is 0 Å². The molecule has 2 rings (SSSR count). The van der Waals surface area contributed by atoms with Crippen LogP contribution in [0.3, 0.4) is 0 Å². The zero-order chi connectivity index (χ0) is 17.3. The Balaban J connectivity index is 2.00. The third-order valence-electron chi connectivity index (χ3n) is 3.42. The summed E-state index contributed by atoms with van der Waals surface area (Å²) < 4.78 is 41.1. The van der Waals surface area contributed by atoms with Gasteiger partial charge in [-0.3, -0.25) is 14.9 Å². The molecule has 1 aliphatic heterocycles. The van der Waals surface area contributed by atoms with Gasteiger partial charge in [-0.25, -0.2) is 12.8 Å². The Morgan fingerprint density at radius 2 is 2.22 bits per heavy atom. The van der Waals surface area contributed by atoms with Gasteiger partial charge in [0.1, 0.15) is 5.82 Å². The third-order valence-corrected chi connectivity index (χ3v) is 5.32. The molecule has 0 aromatic heterocycles. The lowest BCUT2D eigenvalue weighted by molar-refractivity contribution is -0.385. The second-order valence-corrected chi connectivity index (χ2v) is 7.79. The summed E-state index contributed by atoms with van der Waals surface area (Å²) in [5.74, 6) is -1.93. The van der Waals surface area contributed by atoms with Gasteiger partial charge in [-0.2, -0.15) is 0 Å². The molecule has 1 saturated heterocycles. The van der Waals surface area contributed by atoms with E-state index in [4.69, 9.17) is 4.74 Å². The molecule has 1 amide bonds. The number of rotatable bonds is 5. The maximum Gasteiger partial charge on any atom is 0.311 e. The average molecular weight is 346 g/mol. The molecule has 0 saturated carbocycles. The summed E-state index contributed by atoms with van der Waals surface area (Å²) in [6, 6.07) is 2.66. The van der Waals surface area contributed by atoms with E-state index in [1.54, 1.807) is 6.92 Å². The van der Waals surface area contributed by atoms with Crippen LogP contribution < -0.4 is 10.1 Å². The maximum atomic E-state index is 13.1. The number of carbonyl (C=O) groups is 1. The highest BCUT2D eigenvalue weighted by Crippen LogP contribution is 2.27. The Hall–Kier alpha value is -2.23. The third kappa shape index (κ3) is 4.38. The number of nitro groups is 1. The molecule has 0 unspecified atom stereocenters. The number of hydrogen-bond donors (Lipinski definition) is 1. The summed E-state index contributed by atoms with van der Waals surface area (Å²) in [4.78, 5) is 21.9. The first kappa shape index (κ1) is 17.1. The van der Waals surface area contributed by atoms with Crippen molar-refractivity contribution in [2.75, 3.05) is 18.1 Å². The zero-order valence-corrected chi connectivity index (χ0v) is 13.1. The fraction of sp³-hybridized carbons (Fsp3) is 0.462. The zero-order valence-electron chi connectivity index (χ0n) is 12.2. The van der Waals surface area contributed by atoms with E-state index in [-0.39, 0.29) is 23.7 Å². The predicted molar refractivity (Wildman–Crippen MR) is 78.4 cm³/mol. The first-order valence-electron chi connectivity index (χ1n) is 6.68. The molecule has 1 fully saturated rings. The fourth-order valence-corrected chi connectivity index (χ4v) is 4.47. The van der Waals surface area contributed by atoms with Gasteiger partial charge in [0, 0.05) is 12.1 Å². The number of carbonyl (C=O) groups excluding carboxylic acids is 1. The molecular weight excluding hydrogens is 331 g/mol. The second kappa shape index (κ2) is 6.11. The SMILES string of the molecule is C[C@@]1(NC(=O)COc2cc(F)ccc2[N+](=O)[O-])CCS(=O)(=O)C1. The van der Waals surface area contributed by atoms with Crippen LogP contribution in [0.15, 0.2) is 18.2 Å². The second-order valence-electron chi connectivity index (χ2n) is 5.61. The van der Waals surface area contributed by atoms with Crippen LogP contribution in [0, 0.1) is 15.9 Å². The molecule has 0 aliphatic carbocycles. The van der Waals surface area contributed by atoms with E-state index < -0.39 is 44.3 Å². The normalized spacial score (nSPS) is 22.5. The van der Waals surface area contributed by atoms with E-state index in [0.717, 1.165) is 18.2 Å². The van der Waals surface area contributed by atoms with Gasteiger partial charge in [-0.1, -0.05) is 0 Å². The maximum absolute atomic E-state index is 13.1. The average Bonchev–Trinajstić information content (AvgIpc) is 2.69. The first-order valence-corrected chi connectivity index (χ1v) is 8.51. The minimum Gasteiger partial charge on any atom is -0.477 e. The topological polar surface area (TPSA) is 116 Å². The van der Waals surface area contributed by atoms with Gasteiger partial charge in [0.25, 0.3) is 5.91 Å². The number of nitrogens with one attached hydrogen (secondary N) is 1. The van der Waals surface area contributed by atoms with Crippen molar-refractivity contribution < 1.29 is 27.3 Å². The number of nitrogens with zero attached hydrogens (tertiary/aromatic N) is 1. The van der Waals surface area contributed by atoms with Gasteiger partial charge >= 0.3 is 5.69 Å². The minimum atomic E-state index is -3.18. The molecule has 1 atom stereocenters. The van der Waals surface area contributed by atoms with Crippen molar-refractivity contribution >= 4 is 21.4 Å². The van der Waals surface area contributed by atoms with E-state index in [2.05, 4.69) is 5.32 Å². The number of nitro benzene ring substituents is 1. The summed E-state index contributed by atoms with van der Waals surface area (Å²) in [5.41, 5.74) is -1.36. The van der Waals surface area contributed by atoms with Crippen molar-refractivity contribution in [3.8, 4) is 5.75 Å². The Labute approximate surface area is 131 Å². The summed E-state index contributed by atoms with van der Waals surface area (Å²) in [6.07, 6.45) is 0.279. The summed E-state index contributed by atoms with van der Waals surface area (Å²) in [6.45, 7) is 1.01. The Bertz CT molecular complexity index is 751. The Morgan fingerprint density at radius 1 is 1.52 bits per heavy atom. The predicted octanol–water partition coefficient (Wildman–Crippen LogP) is 0.806. The lowest BCUT2D eigenvalue weighted by Crippen LogP contribution is -2.48. The number of hydrogen-bond acceptors (Lipinski definition) is 6. The van der Waals surface area contributed by atoms with Crippen molar-refractivity contribution in [3.63, 3.8) is 0 Å². The molecule has 1 aromatic carbocycles. The van der Waals surface area contributed by atoms with Crippen molar-refractivity contribution in [1.29, 1.82) is 0 Å². The first-order chi connectivity index (χ1) is 10.6. The molecule has 1 heterocycles. The molecule has 0 spiro atoms. The molecular formula is C13H15FN2O6S. The van der Waals surface area contributed by atoms with Gasteiger partial charge < -0.3 is 10.1 Å². The van der Waals surface area contributed by atoms with Crippen molar-refractivity contribution in [3.05, 3.63) is 34.1 Å². The molecule has 10 heteroatoms. The lowest BCUT2D eigenvalue weighted by Gasteiger charge is -2.23. The molecule has 1 aliphatic rings. The van der Waals surface area contributed by atoms with Gasteiger partial charge in [-0.05, 0) is 19.4 Å². The summed E-state index contributed by atoms with van der Waals surface area (Å²) >= 11 is 0. The van der Waals surface area contributed by atoms with E-state index >= 15 is 0 Å². The van der Waals surface area contributed by atoms with Gasteiger partial charge in [-0.15, -0.1) is 0 Å². The van der Waals surface area contributed by atoms with E-state index in [0.29, 0.717) is 0 Å². The van der Waals surface area contributed by atoms with Crippen LogP contribution in [0.2, 0.25) is 0 Å². The van der Waals surface area contributed by atoms with Crippen LogP contribution in [-0.4, -0.2) is 42.9 Å². The summed E-state index contributed by atoms with van der Waals surface area (Å²) in [5, 5.41) is 13.4. The van der Waals surface area contributed by atoms with Gasteiger partial charge in [0.15, 0.2) is 16.4 Å². The Morgan fingerprint density at radius 3 is 2.78 bits per heavy atom. The Kier molecular flexibility index (Phi) is 4.55. The molecule has 1 N–H and O–H groups in total. The van der Waals surface area contributed by atoms with Crippen LogP contribution in [0.5, 0.6) is 5.75 Å². The standard InChI is InChI=1S/C13H15FN2O6S/c1-13(4-5-23(20,21)8-13)15-12(17)7-22-11-6-9(14)2-3-10(11)16(18)19/h2-3,6H,4-5,7-8H2,1H3,(H,15,17)/t13-/m1/s1. The monoisotopic (exact) mass is 346 g/mol. The summed E-state index contributed by atoms with van der Waals surface area (Å²) in [7, 11) is -3.18. The number of ether oxygens (including phenoxy) is 1. The van der Waals surface area contributed by atoms with Crippen LogP contribution in [-0.2, 0) is 14.6 Å². The molecule has 23 heavy (non-hydrogen) atoms. The van der Waals surface area contributed by atoms with Crippen LogP contribution in [0.1, 0.15) is 13.3 Å². The van der Waals surface area contributed by atoms with Crippen molar-refractivity contribution in [1.82, 2.24) is 5.32 Å². The van der Waals surface area contributed by atoms with E-state index in [9.17, 15) is 27.7 Å². The number of sulfone groups is 1. The van der Waals surface area contributed by atoms with E-state index in [1.807, 2.05) is 0 Å². The highest BCUT2D eigenvalue weighted by atomic mass is 32.2. The van der Waals surface area contributed by atoms with Crippen LogP contribution in [0.25, 0.3) is 0 Å². The minimum absolute atomic E-state index is 0.0139. The van der Waals surface area contributed by atoms with Crippen LogP contribution in [0.4, 0.5) is 10.1 Å². The quantitative estimate of drug-likeness (QED) is 0.623. The molecule has 1 aromatic rings. The smallest absolute Gasteiger partial charge is 0.311 e. The largest absolute Gasteiger partial charge is 0.477 e. The van der Waals surface area contributed by atoms with Crippen molar-refractivity contribution in [2.45, 2.75) is 18.9 Å². The molecule has 8 nitrogen and oxygen atoms in total. The van der Waals surface area contributed by atoms with Gasteiger partial charge in [0.2, 0.25) is 5.75 Å².